The Kier molecular flexibility index (Phi) is 5.61. The highest BCUT2D eigenvalue weighted by atomic mass is 35.5. The van der Waals surface area contributed by atoms with Crippen LogP contribution in [-0.2, 0) is 20.0 Å². The molecule has 0 radical (unpaired) electrons. The molecule has 0 amide bonds. The van der Waals surface area contributed by atoms with Crippen LogP contribution in [0, 0.1) is 0 Å². The predicted octanol–water partition coefficient (Wildman–Crippen LogP) is 3.58. The van der Waals surface area contributed by atoms with Crippen molar-refractivity contribution in [3.63, 3.8) is 0 Å². The number of hydrogen-bond acceptors (Lipinski definition) is 5. The van der Waals surface area contributed by atoms with Crippen LogP contribution in [0.5, 0.6) is 11.5 Å². The van der Waals surface area contributed by atoms with Crippen LogP contribution >= 0.6 is 11.6 Å². The van der Waals surface area contributed by atoms with Gasteiger partial charge in [0, 0.05) is 0 Å². The normalized spacial score (nSPS) is 11.8. The SMILES string of the molecule is NS(=O)(=O)c1cccc(S(=O)(=O)Nc2ccccc2Oc2ccccc2Cl)c1. The van der Waals surface area contributed by atoms with Gasteiger partial charge in [0.15, 0.2) is 5.75 Å². The van der Waals surface area contributed by atoms with Crippen molar-refractivity contribution in [3.05, 3.63) is 77.8 Å². The molecule has 0 atom stereocenters. The lowest BCUT2D eigenvalue weighted by atomic mass is 10.3. The smallest absolute Gasteiger partial charge is 0.262 e. The quantitative estimate of drug-likeness (QED) is 0.610. The number of primary sulfonamides is 1. The zero-order chi connectivity index (χ0) is 20.4. The zero-order valence-electron chi connectivity index (χ0n) is 14.2. The lowest BCUT2D eigenvalue weighted by Crippen LogP contribution is -2.16. The van der Waals surface area contributed by atoms with Gasteiger partial charge in [-0.1, -0.05) is 41.9 Å². The summed E-state index contributed by atoms with van der Waals surface area (Å²) >= 11 is 6.08. The Bertz CT molecular complexity index is 1230. The summed E-state index contributed by atoms with van der Waals surface area (Å²) in [7, 11) is -8.15. The third-order valence-electron chi connectivity index (χ3n) is 3.63. The van der Waals surface area contributed by atoms with E-state index >= 15 is 0 Å². The van der Waals surface area contributed by atoms with Gasteiger partial charge in [-0.05, 0) is 42.5 Å². The molecule has 10 heteroatoms. The van der Waals surface area contributed by atoms with Gasteiger partial charge >= 0.3 is 0 Å². The van der Waals surface area contributed by atoms with Crippen molar-refractivity contribution in [2.24, 2.45) is 5.14 Å². The molecule has 3 rings (SSSR count). The number of rotatable bonds is 6. The third kappa shape index (κ3) is 4.63. The molecule has 7 nitrogen and oxygen atoms in total. The summed E-state index contributed by atoms with van der Waals surface area (Å²) < 4.78 is 56.5. The maximum Gasteiger partial charge on any atom is 0.262 e. The van der Waals surface area contributed by atoms with Gasteiger partial charge in [-0.25, -0.2) is 22.0 Å². The highest BCUT2D eigenvalue weighted by Gasteiger charge is 2.19. The summed E-state index contributed by atoms with van der Waals surface area (Å²) in [5.41, 5.74) is 0.156. The molecule has 0 aliphatic heterocycles. The van der Waals surface area contributed by atoms with E-state index in [1.54, 1.807) is 42.5 Å². The van der Waals surface area contributed by atoms with Gasteiger partial charge in [0.25, 0.3) is 10.0 Å². The number of benzene rings is 3. The highest BCUT2D eigenvalue weighted by Crippen LogP contribution is 2.34. The number of para-hydroxylation sites is 3. The Labute approximate surface area is 167 Å². The summed E-state index contributed by atoms with van der Waals surface area (Å²) in [5, 5.41) is 5.43. The van der Waals surface area contributed by atoms with Crippen LogP contribution in [0.3, 0.4) is 0 Å². The summed E-state index contributed by atoms with van der Waals surface area (Å²) in [6.45, 7) is 0. The van der Waals surface area contributed by atoms with Crippen molar-refractivity contribution in [1.82, 2.24) is 0 Å². The van der Waals surface area contributed by atoms with Crippen LogP contribution in [0.1, 0.15) is 0 Å². The first-order chi connectivity index (χ1) is 13.2. The Morgan fingerprint density at radius 2 is 1.39 bits per heavy atom. The largest absolute Gasteiger partial charge is 0.454 e. The molecule has 0 fully saturated rings. The second-order valence-electron chi connectivity index (χ2n) is 5.65. The van der Waals surface area contributed by atoms with E-state index in [0.29, 0.717) is 10.8 Å². The van der Waals surface area contributed by atoms with Crippen LogP contribution in [-0.4, -0.2) is 16.8 Å². The van der Waals surface area contributed by atoms with Crippen LogP contribution in [0.4, 0.5) is 5.69 Å². The van der Waals surface area contributed by atoms with E-state index in [-0.39, 0.29) is 21.2 Å². The molecular weight excluding hydrogens is 424 g/mol. The Hall–Kier alpha value is -2.59. The van der Waals surface area contributed by atoms with Gasteiger partial charge in [0.1, 0.15) is 5.75 Å². The molecular formula is C18H15ClN2O5S2. The molecule has 0 saturated heterocycles. The topological polar surface area (TPSA) is 116 Å². The van der Waals surface area contributed by atoms with Gasteiger partial charge in [-0.2, -0.15) is 0 Å². The fourth-order valence-electron chi connectivity index (χ4n) is 2.31. The number of sulfonamides is 2. The molecule has 0 saturated carbocycles. The second kappa shape index (κ2) is 7.80. The molecule has 3 aromatic carbocycles. The van der Waals surface area contributed by atoms with E-state index in [1.165, 1.54) is 24.3 Å². The first-order valence-electron chi connectivity index (χ1n) is 7.84. The number of hydrogen-bond donors (Lipinski definition) is 2. The highest BCUT2D eigenvalue weighted by molar-refractivity contribution is 7.93. The van der Waals surface area contributed by atoms with Crippen LogP contribution in [0.2, 0.25) is 5.02 Å². The molecule has 3 N–H and O–H groups in total. The van der Waals surface area contributed by atoms with Gasteiger partial charge in [0.05, 0.1) is 20.5 Å². The minimum Gasteiger partial charge on any atom is -0.454 e. The average Bonchev–Trinajstić information content (AvgIpc) is 2.64. The van der Waals surface area contributed by atoms with Crippen LogP contribution in [0.25, 0.3) is 0 Å². The standard InChI is InChI=1S/C18H15ClN2O5S2/c19-15-8-1-3-10-17(15)26-18-11-4-2-9-16(18)21-28(24,25)14-7-5-6-13(12-14)27(20,22)23/h1-12,21H,(H2,20,22,23). The Morgan fingerprint density at radius 1 is 0.786 bits per heavy atom. The van der Waals surface area contributed by atoms with E-state index in [4.69, 9.17) is 21.5 Å². The zero-order valence-corrected chi connectivity index (χ0v) is 16.6. The molecule has 146 valence electrons. The van der Waals surface area contributed by atoms with Crippen molar-refractivity contribution in [2.75, 3.05) is 4.72 Å². The van der Waals surface area contributed by atoms with Crippen molar-refractivity contribution >= 4 is 37.3 Å². The first kappa shape index (κ1) is 20.2. The molecule has 0 bridgehead atoms. The molecule has 0 unspecified atom stereocenters. The molecule has 0 heterocycles. The fourth-order valence-corrected chi connectivity index (χ4v) is 4.23. The van der Waals surface area contributed by atoms with Gasteiger partial charge < -0.3 is 4.74 Å². The van der Waals surface area contributed by atoms with E-state index in [0.717, 1.165) is 6.07 Å². The van der Waals surface area contributed by atoms with Crippen LogP contribution in [0.15, 0.2) is 82.6 Å². The van der Waals surface area contributed by atoms with E-state index in [2.05, 4.69) is 4.72 Å². The Balaban J connectivity index is 1.95. The van der Waals surface area contributed by atoms with E-state index in [1.807, 2.05) is 0 Å². The maximum atomic E-state index is 12.7. The van der Waals surface area contributed by atoms with Crippen molar-refractivity contribution in [1.29, 1.82) is 0 Å². The van der Waals surface area contributed by atoms with Gasteiger partial charge in [-0.3, -0.25) is 4.72 Å². The van der Waals surface area contributed by atoms with E-state index in [9.17, 15) is 16.8 Å². The number of anilines is 1. The summed E-state index contributed by atoms with van der Waals surface area (Å²) in [4.78, 5) is -0.567. The van der Waals surface area contributed by atoms with E-state index < -0.39 is 20.0 Å². The molecule has 0 aliphatic carbocycles. The minimum atomic E-state index is -4.10. The summed E-state index contributed by atoms with van der Waals surface area (Å²) in [6.07, 6.45) is 0. The second-order valence-corrected chi connectivity index (χ2v) is 9.31. The fraction of sp³-hybridized carbons (Fsp3) is 0. The van der Waals surface area contributed by atoms with Crippen LogP contribution < -0.4 is 14.6 Å². The maximum absolute atomic E-state index is 12.7. The van der Waals surface area contributed by atoms with Crippen molar-refractivity contribution in [3.8, 4) is 11.5 Å². The van der Waals surface area contributed by atoms with Crippen molar-refractivity contribution in [2.45, 2.75) is 9.79 Å². The summed E-state index contributed by atoms with van der Waals surface area (Å²) in [5.74, 6) is 0.578. The summed E-state index contributed by atoms with van der Waals surface area (Å²) in [6, 6.07) is 17.9. The molecule has 0 spiro atoms. The van der Waals surface area contributed by atoms with Gasteiger partial charge in [-0.15, -0.1) is 0 Å². The number of ether oxygens (including phenoxy) is 1. The van der Waals surface area contributed by atoms with Crippen molar-refractivity contribution < 1.29 is 21.6 Å². The predicted molar refractivity (Wildman–Crippen MR) is 107 cm³/mol. The lowest BCUT2D eigenvalue weighted by molar-refractivity contribution is 0.485. The van der Waals surface area contributed by atoms with Gasteiger partial charge in [0.2, 0.25) is 10.0 Å². The molecule has 0 aliphatic rings. The Morgan fingerprint density at radius 3 is 2.07 bits per heavy atom. The third-order valence-corrected chi connectivity index (χ3v) is 6.22. The molecule has 28 heavy (non-hydrogen) atoms. The lowest BCUT2D eigenvalue weighted by Gasteiger charge is -2.14. The molecule has 0 aromatic heterocycles. The number of nitrogens with one attached hydrogen (secondary N) is 1. The minimum absolute atomic E-state index is 0.156. The average molecular weight is 439 g/mol. The number of nitrogens with two attached hydrogens (primary N) is 1. The monoisotopic (exact) mass is 438 g/mol. The number of halogens is 1. The molecule has 3 aromatic rings. The first-order valence-corrected chi connectivity index (χ1v) is 11.2.